The molecular formula is C21H19ClFN5O3. The van der Waals surface area contributed by atoms with Crippen LogP contribution < -0.4 is 0 Å². The van der Waals surface area contributed by atoms with E-state index in [9.17, 15) is 14.0 Å². The first-order valence-corrected chi connectivity index (χ1v) is 10.1. The number of aromatic nitrogens is 3. The number of carbonyl (C=O) groups is 2. The zero-order valence-corrected chi connectivity index (χ0v) is 17.3. The van der Waals surface area contributed by atoms with Crippen LogP contribution in [-0.2, 0) is 11.2 Å². The number of amides is 2. The Balaban J connectivity index is 1.28. The SMILES string of the molecule is O=C(CCc1nc(-c2cccnc2)no1)N1CCN(C(=O)c2ccc(F)cc2Cl)CC1. The van der Waals surface area contributed by atoms with Crippen LogP contribution in [0.1, 0.15) is 22.7 Å². The molecule has 0 spiro atoms. The summed E-state index contributed by atoms with van der Waals surface area (Å²) >= 11 is 5.99. The van der Waals surface area contributed by atoms with Gasteiger partial charge in [-0.15, -0.1) is 0 Å². The third kappa shape index (κ3) is 4.88. The van der Waals surface area contributed by atoms with Gasteiger partial charge >= 0.3 is 0 Å². The van der Waals surface area contributed by atoms with Crippen molar-refractivity contribution in [2.24, 2.45) is 0 Å². The number of benzene rings is 1. The van der Waals surface area contributed by atoms with E-state index in [2.05, 4.69) is 15.1 Å². The van der Waals surface area contributed by atoms with Crippen LogP contribution in [-0.4, -0.2) is 62.9 Å². The molecule has 31 heavy (non-hydrogen) atoms. The predicted octanol–water partition coefficient (Wildman–Crippen LogP) is 2.84. The standard InChI is InChI=1S/C21H19ClFN5O3/c22-17-12-15(23)3-4-16(17)21(30)28-10-8-27(9-11-28)19(29)6-5-18-25-20(26-31-18)14-2-1-7-24-13-14/h1-4,7,12-13H,5-6,8-11H2. The molecule has 3 aromatic rings. The Morgan fingerprint density at radius 1 is 1.13 bits per heavy atom. The van der Waals surface area contributed by atoms with Crippen molar-refractivity contribution < 1.29 is 18.5 Å². The first kappa shape index (κ1) is 20.9. The van der Waals surface area contributed by atoms with Gasteiger partial charge in [0.15, 0.2) is 0 Å². The van der Waals surface area contributed by atoms with E-state index in [1.807, 2.05) is 6.07 Å². The zero-order chi connectivity index (χ0) is 21.8. The Morgan fingerprint density at radius 3 is 2.61 bits per heavy atom. The molecule has 0 bridgehead atoms. The Labute approximate surface area is 182 Å². The van der Waals surface area contributed by atoms with Gasteiger partial charge in [0.2, 0.25) is 17.6 Å². The lowest BCUT2D eigenvalue weighted by Crippen LogP contribution is -2.50. The average molecular weight is 444 g/mol. The summed E-state index contributed by atoms with van der Waals surface area (Å²) in [6, 6.07) is 7.31. The Hall–Kier alpha value is -3.33. The van der Waals surface area contributed by atoms with Crippen LogP contribution in [0.3, 0.4) is 0 Å². The number of piperazine rings is 1. The molecule has 160 valence electrons. The second-order valence-corrected chi connectivity index (χ2v) is 7.46. The summed E-state index contributed by atoms with van der Waals surface area (Å²) in [5.74, 6) is -0.00111. The number of nitrogens with zero attached hydrogens (tertiary/aromatic N) is 5. The van der Waals surface area contributed by atoms with Crippen molar-refractivity contribution in [3.05, 3.63) is 65.0 Å². The minimum atomic E-state index is -0.495. The van der Waals surface area contributed by atoms with Crippen molar-refractivity contribution >= 4 is 23.4 Å². The van der Waals surface area contributed by atoms with E-state index in [0.29, 0.717) is 44.3 Å². The van der Waals surface area contributed by atoms with Gasteiger partial charge in [-0.3, -0.25) is 14.6 Å². The van der Waals surface area contributed by atoms with Gasteiger partial charge in [-0.05, 0) is 30.3 Å². The number of halogens is 2. The molecule has 4 rings (SSSR count). The average Bonchev–Trinajstić information content (AvgIpc) is 3.27. The largest absolute Gasteiger partial charge is 0.339 e. The Morgan fingerprint density at radius 2 is 1.90 bits per heavy atom. The van der Waals surface area contributed by atoms with E-state index in [0.717, 1.165) is 11.6 Å². The minimum absolute atomic E-state index is 0.0481. The molecule has 1 aliphatic rings. The van der Waals surface area contributed by atoms with E-state index in [-0.39, 0.29) is 28.8 Å². The zero-order valence-electron chi connectivity index (χ0n) is 16.5. The third-order valence-corrected chi connectivity index (χ3v) is 5.33. The molecule has 1 aromatic carbocycles. The number of hydrogen-bond acceptors (Lipinski definition) is 6. The second-order valence-electron chi connectivity index (χ2n) is 7.05. The number of hydrogen-bond donors (Lipinski definition) is 0. The first-order valence-electron chi connectivity index (χ1n) is 9.76. The molecule has 3 heterocycles. The van der Waals surface area contributed by atoms with E-state index < -0.39 is 5.82 Å². The summed E-state index contributed by atoms with van der Waals surface area (Å²) in [7, 11) is 0. The highest BCUT2D eigenvalue weighted by Gasteiger charge is 2.26. The molecule has 0 N–H and O–H groups in total. The van der Waals surface area contributed by atoms with Crippen LogP contribution in [0.5, 0.6) is 0 Å². The summed E-state index contributed by atoms with van der Waals surface area (Å²) in [6.45, 7) is 1.58. The van der Waals surface area contributed by atoms with Gasteiger partial charge in [-0.1, -0.05) is 16.8 Å². The number of pyridine rings is 1. The fourth-order valence-electron chi connectivity index (χ4n) is 3.33. The van der Waals surface area contributed by atoms with Crippen molar-refractivity contribution in [3.63, 3.8) is 0 Å². The Bertz CT molecular complexity index is 1080. The second kappa shape index (κ2) is 9.22. The van der Waals surface area contributed by atoms with Gasteiger partial charge in [0.05, 0.1) is 10.6 Å². The fourth-order valence-corrected chi connectivity index (χ4v) is 3.58. The van der Waals surface area contributed by atoms with Crippen molar-refractivity contribution in [1.82, 2.24) is 24.9 Å². The van der Waals surface area contributed by atoms with Crippen LogP contribution in [0.15, 0.2) is 47.2 Å². The van der Waals surface area contributed by atoms with Crippen molar-refractivity contribution in [2.45, 2.75) is 12.8 Å². The van der Waals surface area contributed by atoms with Gasteiger partial charge < -0.3 is 14.3 Å². The monoisotopic (exact) mass is 443 g/mol. The molecule has 0 unspecified atom stereocenters. The van der Waals surface area contributed by atoms with Crippen LogP contribution >= 0.6 is 11.6 Å². The summed E-state index contributed by atoms with van der Waals surface area (Å²) < 4.78 is 18.4. The normalized spacial score (nSPS) is 14.0. The van der Waals surface area contributed by atoms with Crippen LogP contribution in [0, 0.1) is 5.82 Å². The number of aryl methyl sites for hydroxylation is 1. The van der Waals surface area contributed by atoms with Crippen LogP contribution in [0.25, 0.3) is 11.4 Å². The van der Waals surface area contributed by atoms with Gasteiger partial charge in [0.25, 0.3) is 5.91 Å². The predicted molar refractivity (Wildman–Crippen MR) is 110 cm³/mol. The van der Waals surface area contributed by atoms with Gasteiger partial charge in [0.1, 0.15) is 5.82 Å². The molecule has 0 saturated carbocycles. The highest BCUT2D eigenvalue weighted by Crippen LogP contribution is 2.20. The lowest BCUT2D eigenvalue weighted by Gasteiger charge is -2.35. The van der Waals surface area contributed by atoms with Gasteiger partial charge in [-0.25, -0.2) is 4.39 Å². The maximum absolute atomic E-state index is 13.2. The molecular weight excluding hydrogens is 425 g/mol. The molecule has 1 fully saturated rings. The molecule has 0 radical (unpaired) electrons. The highest BCUT2D eigenvalue weighted by atomic mass is 35.5. The van der Waals surface area contributed by atoms with E-state index in [1.165, 1.54) is 12.1 Å². The highest BCUT2D eigenvalue weighted by molar-refractivity contribution is 6.33. The molecule has 8 nitrogen and oxygen atoms in total. The topological polar surface area (TPSA) is 92.4 Å². The lowest BCUT2D eigenvalue weighted by molar-refractivity contribution is -0.132. The maximum Gasteiger partial charge on any atom is 0.255 e. The van der Waals surface area contributed by atoms with Crippen molar-refractivity contribution in [3.8, 4) is 11.4 Å². The summed E-state index contributed by atoms with van der Waals surface area (Å²) in [4.78, 5) is 36.8. The van der Waals surface area contributed by atoms with E-state index in [4.69, 9.17) is 16.1 Å². The van der Waals surface area contributed by atoms with E-state index in [1.54, 1.807) is 28.3 Å². The number of carbonyl (C=O) groups excluding carboxylic acids is 2. The molecule has 1 aliphatic heterocycles. The molecule has 2 amide bonds. The number of rotatable bonds is 5. The van der Waals surface area contributed by atoms with Crippen molar-refractivity contribution in [1.29, 1.82) is 0 Å². The quantitative estimate of drug-likeness (QED) is 0.602. The minimum Gasteiger partial charge on any atom is -0.339 e. The summed E-state index contributed by atoms with van der Waals surface area (Å²) in [6.07, 6.45) is 3.85. The van der Waals surface area contributed by atoms with Gasteiger partial charge in [-0.2, -0.15) is 4.98 Å². The van der Waals surface area contributed by atoms with Gasteiger partial charge in [0, 0.05) is 57.0 Å². The molecule has 1 saturated heterocycles. The van der Waals surface area contributed by atoms with E-state index >= 15 is 0 Å². The third-order valence-electron chi connectivity index (χ3n) is 5.02. The molecule has 0 atom stereocenters. The van der Waals surface area contributed by atoms with Crippen LogP contribution in [0.2, 0.25) is 5.02 Å². The smallest absolute Gasteiger partial charge is 0.255 e. The molecule has 2 aromatic heterocycles. The molecule has 0 aliphatic carbocycles. The molecule has 10 heteroatoms. The first-order chi connectivity index (χ1) is 15.0. The van der Waals surface area contributed by atoms with Crippen LogP contribution in [0.4, 0.5) is 4.39 Å². The Kier molecular flexibility index (Phi) is 6.22. The summed E-state index contributed by atoms with van der Waals surface area (Å²) in [5, 5.41) is 4.00. The fraction of sp³-hybridized carbons (Fsp3) is 0.286. The lowest BCUT2D eigenvalue weighted by atomic mass is 10.1. The maximum atomic E-state index is 13.2. The summed E-state index contributed by atoms with van der Waals surface area (Å²) in [5.41, 5.74) is 0.995. The van der Waals surface area contributed by atoms with Crippen molar-refractivity contribution in [2.75, 3.05) is 26.2 Å².